The van der Waals surface area contributed by atoms with E-state index in [1.807, 2.05) is 18.2 Å². The highest BCUT2D eigenvalue weighted by molar-refractivity contribution is 6.30. The van der Waals surface area contributed by atoms with E-state index in [0.29, 0.717) is 5.69 Å². The van der Waals surface area contributed by atoms with Gasteiger partial charge in [-0.15, -0.1) is 0 Å². The number of hydrogen-bond donors (Lipinski definition) is 2. The lowest BCUT2D eigenvalue weighted by atomic mass is 10.2. The molecule has 1 aliphatic rings. The molecule has 2 N–H and O–H groups in total. The van der Waals surface area contributed by atoms with Gasteiger partial charge in [-0.25, -0.2) is 4.39 Å². The van der Waals surface area contributed by atoms with Gasteiger partial charge in [-0.3, -0.25) is 19.4 Å². The minimum Gasteiger partial charge on any atom is -0.346 e. The van der Waals surface area contributed by atoms with Gasteiger partial charge in [-0.1, -0.05) is 23.7 Å². The number of nitrogens with zero attached hydrogens (tertiary/aromatic N) is 2. The van der Waals surface area contributed by atoms with Gasteiger partial charge in [0.15, 0.2) is 0 Å². The van der Waals surface area contributed by atoms with E-state index in [1.54, 1.807) is 0 Å². The first kappa shape index (κ1) is 21.2. The lowest BCUT2D eigenvalue weighted by Crippen LogP contribution is -2.49. The number of carbonyl (C=O) groups excluding carboxylic acids is 2. The number of hydrogen-bond acceptors (Lipinski definition) is 4. The Labute approximate surface area is 174 Å². The Morgan fingerprint density at radius 3 is 2.34 bits per heavy atom. The van der Waals surface area contributed by atoms with Crippen LogP contribution in [-0.4, -0.2) is 60.9 Å². The molecule has 0 saturated carbocycles. The van der Waals surface area contributed by atoms with E-state index in [1.165, 1.54) is 29.8 Å². The normalized spacial score (nSPS) is 15.1. The Morgan fingerprint density at radius 1 is 0.966 bits per heavy atom. The highest BCUT2D eigenvalue weighted by atomic mass is 35.5. The third kappa shape index (κ3) is 7.12. The summed E-state index contributed by atoms with van der Waals surface area (Å²) in [5.41, 5.74) is 1.66. The summed E-state index contributed by atoms with van der Waals surface area (Å²) < 4.78 is 12.9. The number of carbonyl (C=O) groups is 2. The van der Waals surface area contributed by atoms with Crippen LogP contribution in [0.5, 0.6) is 0 Å². The summed E-state index contributed by atoms with van der Waals surface area (Å²) in [5, 5.41) is 5.97. The van der Waals surface area contributed by atoms with Crippen molar-refractivity contribution in [2.24, 2.45) is 0 Å². The van der Waals surface area contributed by atoms with Crippen molar-refractivity contribution >= 4 is 29.1 Å². The molecule has 8 heteroatoms. The van der Waals surface area contributed by atoms with Crippen molar-refractivity contribution in [2.75, 3.05) is 44.6 Å². The highest BCUT2D eigenvalue weighted by Gasteiger charge is 2.19. The second kappa shape index (κ2) is 10.3. The Bertz CT molecular complexity index is 839. The van der Waals surface area contributed by atoms with Crippen LogP contribution in [0.15, 0.2) is 48.5 Å². The Hall–Kier alpha value is -2.48. The van der Waals surface area contributed by atoms with Gasteiger partial charge in [-0.2, -0.15) is 0 Å². The molecule has 6 nitrogen and oxygen atoms in total. The van der Waals surface area contributed by atoms with Crippen LogP contribution in [0.3, 0.4) is 0 Å². The molecule has 0 radical (unpaired) electrons. The Morgan fingerprint density at radius 2 is 1.66 bits per heavy atom. The molecule has 1 fully saturated rings. The number of rotatable bonds is 7. The number of anilines is 1. The molecule has 2 aromatic rings. The van der Waals surface area contributed by atoms with Gasteiger partial charge in [0, 0.05) is 43.4 Å². The lowest BCUT2D eigenvalue weighted by molar-refractivity contribution is -0.125. The van der Waals surface area contributed by atoms with Crippen molar-refractivity contribution in [2.45, 2.75) is 6.54 Å². The van der Waals surface area contributed by atoms with Crippen molar-refractivity contribution in [1.82, 2.24) is 15.1 Å². The molecule has 3 rings (SSSR count). The number of amides is 2. The standard InChI is InChI=1S/C21H24ClFN4O2/c22-17-3-1-2-16(12-17)14-26-8-10-27(11-9-26)15-21(29)24-13-20(28)25-19-6-4-18(23)5-7-19/h1-7,12H,8-11,13-15H2,(H,24,29)(H,25,28). The number of nitrogens with one attached hydrogen (secondary N) is 2. The van der Waals surface area contributed by atoms with Crippen LogP contribution in [-0.2, 0) is 16.1 Å². The molecule has 29 heavy (non-hydrogen) atoms. The second-order valence-corrected chi connectivity index (χ2v) is 7.45. The number of benzene rings is 2. The van der Waals surface area contributed by atoms with Crippen LogP contribution in [0.25, 0.3) is 0 Å². The van der Waals surface area contributed by atoms with E-state index >= 15 is 0 Å². The molecule has 0 spiro atoms. The molecule has 0 aliphatic carbocycles. The highest BCUT2D eigenvalue weighted by Crippen LogP contribution is 2.14. The predicted molar refractivity (Wildman–Crippen MR) is 111 cm³/mol. The van der Waals surface area contributed by atoms with Gasteiger partial charge in [0.2, 0.25) is 11.8 Å². The van der Waals surface area contributed by atoms with E-state index in [-0.39, 0.29) is 30.7 Å². The molecule has 0 bridgehead atoms. The van der Waals surface area contributed by atoms with E-state index in [9.17, 15) is 14.0 Å². The quantitative estimate of drug-likeness (QED) is 0.724. The summed E-state index contributed by atoms with van der Waals surface area (Å²) in [5.74, 6) is -0.914. The topological polar surface area (TPSA) is 64.7 Å². The van der Waals surface area contributed by atoms with Crippen molar-refractivity contribution in [3.63, 3.8) is 0 Å². The van der Waals surface area contributed by atoms with E-state index in [2.05, 4.69) is 26.5 Å². The van der Waals surface area contributed by atoms with Crippen LogP contribution < -0.4 is 10.6 Å². The fourth-order valence-electron chi connectivity index (χ4n) is 3.18. The smallest absolute Gasteiger partial charge is 0.243 e. The Kier molecular flexibility index (Phi) is 7.57. The summed E-state index contributed by atoms with van der Waals surface area (Å²) >= 11 is 6.03. The molecule has 1 aliphatic heterocycles. The van der Waals surface area contributed by atoms with Crippen molar-refractivity contribution < 1.29 is 14.0 Å². The number of piperazine rings is 1. The number of halogens is 2. The summed E-state index contributed by atoms with van der Waals surface area (Å²) in [6, 6.07) is 13.3. The van der Waals surface area contributed by atoms with Crippen molar-refractivity contribution in [3.05, 3.63) is 64.9 Å². The molecule has 0 unspecified atom stereocenters. The molecule has 0 aromatic heterocycles. The van der Waals surface area contributed by atoms with Crippen LogP contribution >= 0.6 is 11.6 Å². The van der Waals surface area contributed by atoms with Crippen molar-refractivity contribution in [3.8, 4) is 0 Å². The van der Waals surface area contributed by atoms with Gasteiger partial charge >= 0.3 is 0 Å². The first-order valence-corrected chi connectivity index (χ1v) is 9.87. The maximum atomic E-state index is 12.9. The molecule has 0 atom stereocenters. The maximum Gasteiger partial charge on any atom is 0.243 e. The molecule has 2 amide bonds. The average Bonchev–Trinajstić information content (AvgIpc) is 2.70. The minimum atomic E-state index is -0.371. The van der Waals surface area contributed by atoms with Gasteiger partial charge in [0.05, 0.1) is 13.1 Å². The van der Waals surface area contributed by atoms with E-state index < -0.39 is 0 Å². The van der Waals surface area contributed by atoms with Crippen LogP contribution in [0, 0.1) is 5.82 Å². The maximum absolute atomic E-state index is 12.9. The largest absolute Gasteiger partial charge is 0.346 e. The van der Waals surface area contributed by atoms with Crippen molar-refractivity contribution in [1.29, 1.82) is 0 Å². The minimum absolute atomic E-state index is 0.120. The molecule has 154 valence electrons. The average molecular weight is 419 g/mol. The van der Waals surface area contributed by atoms with Crippen LogP contribution in [0.1, 0.15) is 5.56 Å². The van der Waals surface area contributed by atoms with Gasteiger partial charge in [-0.05, 0) is 42.0 Å². The zero-order valence-corrected chi connectivity index (χ0v) is 16.8. The summed E-state index contributed by atoms with van der Waals surface area (Å²) in [7, 11) is 0. The fraction of sp³-hybridized carbons (Fsp3) is 0.333. The predicted octanol–water partition coefficient (Wildman–Crippen LogP) is 2.35. The molecular formula is C21H24ClFN4O2. The van der Waals surface area contributed by atoms with Gasteiger partial charge in [0.25, 0.3) is 0 Å². The molecule has 2 aromatic carbocycles. The lowest BCUT2D eigenvalue weighted by Gasteiger charge is -2.34. The van der Waals surface area contributed by atoms with Crippen LogP contribution in [0.4, 0.5) is 10.1 Å². The second-order valence-electron chi connectivity index (χ2n) is 7.01. The van der Waals surface area contributed by atoms with Gasteiger partial charge in [0.1, 0.15) is 5.82 Å². The summed E-state index contributed by atoms with van der Waals surface area (Å²) in [4.78, 5) is 28.4. The summed E-state index contributed by atoms with van der Waals surface area (Å²) in [6.45, 7) is 4.28. The zero-order valence-electron chi connectivity index (χ0n) is 16.0. The Balaban J connectivity index is 1.34. The first-order chi connectivity index (χ1) is 14.0. The summed E-state index contributed by atoms with van der Waals surface area (Å²) in [6.07, 6.45) is 0. The first-order valence-electron chi connectivity index (χ1n) is 9.49. The third-order valence-corrected chi connectivity index (χ3v) is 4.94. The zero-order chi connectivity index (χ0) is 20.6. The third-order valence-electron chi connectivity index (χ3n) is 4.70. The SMILES string of the molecule is O=C(CN1CCN(Cc2cccc(Cl)c2)CC1)NCC(=O)Nc1ccc(F)cc1. The molecular weight excluding hydrogens is 395 g/mol. The molecule has 1 heterocycles. The monoisotopic (exact) mass is 418 g/mol. The fourth-order valence-corrected chi connectivity index (χ4v) is 3.39. The molecule has 1 saturated heterocycles. The van der Waals surface area contributed by atoms with E-state index in [4.69, 9.17) is 11.6 Å². The van der Waals surface area contributed by atoms with E-state index in [0.717, 1.165) is 37.7 Å². The van der Waals surface area contributed by atoms with Crippen LogP contribution in [0.2, 0.25) is 5.02 Å². The van der Waals surface area contributed by atoms with Gasteiger partial charge < -0.3 is 10.6 Å².